The second kappa shape index (κ2) is 6.16. The van der Waals surface area contributed by atoms with Crippen molar-refractivity contribution in [2.45, 2.75) is 19.9 Å². The van der Waals surface area contributed by atoms with Gasteiger partial charge in [0, 0.05) is 19.0 Å². The average molecular weight is 319 g/mol. The highest BCUT2D eigenvalue weighted by atomic mass is 79.9. The molecular weight excluding hydrogens is 304 g/mol. The van der Waals surface area contributed by atoms with Crippen LogP contribution in [0.1, 0.15) is 24.2 Å². The Morgan fingerprint density at radius 1 is 1.59 bits per heavy atom. The van der Waals surface area contributed by atoms with Gasteiger partial charge in [0.25, 0.3) is 5.91 Å². The molecule has 17 heavy (non-hydrogen) atoms. The Balaban J connectivity index is 2.60. The van der Waals surface area contributed by atoms with Crippen LogP contribution in [-0.2, 0) is 4.79 Å². The summed E-state index contributed by atoms with van der Waals surface area (Å²) in [5.74, 6) is -0.313. The molecule has 0 bridgehead atoms. The quantitative estimate of drug-likeness (QED) is 0.924. The molecule has 0 aliphatic carbocycles. The second-order valence-corrected chi connectivity index (χ2v) is 5.98. The lowest BCUT2D eigenvalue weighted by atomic mass is 10.2. The average Bonchev–Trinajstić information content (AvgIpc) is 2.73. The van der Waals surface area contributed by atoms with Crippen molar-refractivity contribution >= 4 is 39.1 Å². The highest BCUT2D eigenvalue weighted by Gasteiger charge is 2.19. The molecule has 1 aromatic heterocycles. The molecule has 0 aliphatic rings. The fourth-order valence-electron chi connectivity index (χ4n) is 1.26. The van der Waals surface area contributed by atoms with Gasteiger partial charge in [-0.2, -0.15) is 0 Å². The molecule has 0 aromatic carbocycles. The third-order valence-corrected chi connectivity index (χ3v) is 3.90. The standard InChI is InChI=1S/C11H15BrN2O2S/c1-4-14(3)11(16)7(2)13-10(15)8-5-9(12)17-6-8/h5-7H,4H2,1-3H3,(H,13,15). The minimum absolute atomic E-state index is 0.0878. The smallest absolute Gasteiger partial charge is 0.252 e. The van der Waals surface area contributed by atoms with E-state index >= 15 is 0 Å². The van der Waals surface area contributed by atoms with Crippen LogP contribution in [0.25, 0.3) is 0 Å². The molecule has 1 atom stereocenters. The zero-order valence-corrected chi connectivity index (χ0v) is 12.4. The van der Waals surface area contributed by atoms with E-state index in [-0.39, 0.29) is 11.8 Å². The normalized spacial score (nSPS) is 12.0. The first-order chi connectivity index (χ1) is 7.95. The van der Waals surface area contributed by atoms with Gasteiger partial charge in [0.2, 0.25) is 5.91 Å². The van der Waals surface area contributed by atoms with E-state index in [4.69, 9.17) is 0 Å². The number of halogens is 1. The van der Waals surface area contributed by atoms with E-state index in [1.807, 2.05) is 6.92 Å². The van der Waals surface area contributed by atoms with Gasteiger partial charge >= 0.3 is 0 Å². The number of carbonyl (C=O) groups excluding carboxylic acids is 2. The predicted molar refractivity (Wildman–Crippen MR) is 72.3 cm³/mol. The third-order valence-electron chi connectivity index (χ3n) is 2.40. The predicted octanol–water partition coefficient (Wildman–Crippen LogP) is 2.11. The van der Waals surface area contributed by atoms with Crippen molar-refractivity contribution in [3.05, 3.63) is 20.8 Å². The highest BCUT2D eigenvalue weighted by Crippen LogP contribution is 2.20. The first-order valence-electron chi connectivity index (χ1n) is 5.25. The minimum atomic E-state index is -0.508. The van der Waals surface area contributed by atoms with Crippen LogP contribution in [0.5, 0.6) is 0 Å². The van der Waals surface area contributed by atoms with E-state index in [0.29, 0.717) is 12.1 Å². The number of likely N-dealkylation sites (N-methyl/N-ethyl adjacent to an activating group) is 1. The summed E-state index contributed by atoms with van der Waals surface area (Å²) in [4.78, 5) is 25.1. The summed E-state index contributed by atoms with van der Waals surface area (Å²) >= 11 is 4.73. The van der Waals surface area contributed by atoms with Crippen molar-refractivity contribution < 1.29 is 9.59 Å². The molecule has 1 unspecified atom stereocenters. The molecule has 0 radical (unpaired) electrons. The van der Waals surface area contributed by atoms with Gasteiger partial charge in [-0.15, -0.1) is 11.3 Å². The van der Waals surface area contributed by atoms with Gasteiger partial charge in [0.1, 0.15) is 6.04 Å². The zero-order valence-electron chi connectivity index (χ0n) is 9.99. The Labute approximate surface area is 113 Å². The maximum Gasteiger partial charge on any atom is 0.252 e. The van der Waals surface area contributed by atoms with Crippen molar-refractivity contribution in [3.63, 3.8) is 0 Å². The number of rotatable bonds is 4. The number of thiophene rings is 1. The van der Waals surface area contributed by atoms with Crippen LogP contribution in [-0.4, -0.2) is 36.3 Å². The zero-order chi connectivity index (χ0) is 13.0. The summed E-state index contributed by atoms with van der Waals surface area (Å²) in [7, 11) is 1.71. The number of carbonyl (C=O) groups is 2. The van der Waals surface area contributed by atoms with Crippen LogP contribution >= 0.6 is 27.3 Å². The molecule has 94 valence electrons. The molecule has 1 N–H and O–H groups in total. The molecule has 6 heteroatoms. The molecular formula is C11H15BrN2O2S. The van der Waals surface area contributed by atoms with Gasteiger partial charge in [-0.3, -0.25) is 9.59 Å². The van der Waals surface area contributed by atoms with Gasteiger partial charge in [-0.05, 0) is 35.8 Å². The summed E-state index contributed by atoms with van der Waals surface area (Å²) in [6.45, 7) is 4.21. The van der Waals surface area contributed by atoms with Gasteiger partial charge in [-0.1, -0.05) is 0 Å². The number of nitrogens with zero attached hydrogens (tertiary/aromatic N) is 1. The number of nitrogens with one attached hydrogen (secondary N) is 1. The Morgan fingerprint density at radius 3 is 2.71 bits per heavy atom. The minimum Gasteiger partial charge on any atom is -0.344 e. The van der Waals surface area contributed by atoms with Crippen LogP contribution in [0.15, 0.2) is 15.2 Å². The van der Waals surface area contributed by atoms with Crippen LogP contribution in [0.3, 0.4) is 0 Å². The van der Waals surface area contributed by atoms with E-state index in [2.05, 4.69) is 21.2 Å². The SMILES string of the molecule is CCN(C)C(=O)C(C)NC(=O)c1csc(Br)c1. The first kappa shape index (κ1) is 14.2. The fraction of sp³-hybridized carbons (Fsp3) is 0.455. The van der Waals surface area contributed by atoms with E-state index in [1.165, 1.54) is 11.3 Å². The molecule has 4 nitrogen and oxygen atoms in total. The molecule has 0 aliphatic heterocycles. The third kappa shape index (κ3) is 3.81. The van der Waals surface area contributed by atoms with E-state index in [1.54, 1.807) is 30.3 Å². The van der Waals surface area contributed by atoms with Gasteiger partial charge in [-0.25, -0.2) is 0 Å². The Kier molecular flexibility index (Phi) is 5.14. The number of hydrogen-bond donors (Lipinski definition) is 1. The number of amides is 2. The lowest BCUT2D eigenvalue weighted by molar-refractivity contribution is -0.131. The summed E-state index contributed by atoms with van der Waals surface area (Å²) in [6.07, 6.45) is 0. The summed E-state index contributed by atoms with van der Waals surface area (Å²) in [5, 5.41) is 4.43. The van der Waals surface area contributed by atoms with Crippen molar-refractivity contribution in [3.8, 4) is 0 Å². The Morgan fingerprint density at radius 2 is 2.24 bits per heavy atom. The van der Waals surface area contributed by atoms with Crippen molar-refractivity contribution in [1.29, 1.82) is 0 Å². The Bertz CT molecular complexity index is 419. The fourth-order valence-corrected chi connectivity index (χ4v) is 2.39. The van der Waals surface area contributed by atoms with Gasteiger partial charge in [0.05, 0.1) is 9.35 Å². The highest BCUT2D eigenvalue weighted by molar-refractivity contribution is 9.11. The lowest BCUT2D eigenvalue weighted by Gasteiger charge is -2.20. The molecule has 0 saturated carbocycles. The number of hydrogen-bond acceptors (Lipinski definition) is 3. The largest absolute Gasteiger partial charge is 0.344 e. The molecule has 0 fully saturated rings. The van der Waals surface area contributed by atoms with E-state index < -0.39 is 6.04 Å². The van der Waals surface area contributed by atoms with Crippen molar-refractivity contribution in [2.75, 3.05) is 13.6 Å². The molecule has 0 spiro atoms. The van der Waals surface area contributed by atoms with Crippen LogP contribution in [0.2, 0.25) is 0 Å². The van der Waals surface area contributed by atoms with E-state index in [0.717, 1.165) is 3.79 Å². The van der Waals surface area contributed by atoms with Crippen LogP contribution in [0, 0.1) is 0 Å². The first-order valence-corrected chi connectivity index (χ1v) is 6.92. The second-order valence-electron chi connectivity index (χ2n) is 3.69. The van der Waals surface area contributed by atoms with Crippen LogP contribution in [0.4, 0.5) is 0 Å². The molecule has 2 amide bonds. The molecule has 1 rings (SSSR count). The maximum atomic E-state index is 11.8. The molecule has 0 saturated heterocycles. The van der Waals surface area contributed by atoms with Crippen LogP contribution < -0.4 is 5.32 Å². The van der Waals surface area contributed by atoms with E-state index in [9.17, 15) is 9.59 Å². The molecule has 1 aromatic rings. The summed E-state index contributed by atoms with van der Waals surface area (Å²) < 4.78 is 0.896. The topological polar surface area (TPSA) is 49.4 Å². The maximum absolute atomic E-state index is 11.8. The lowest BCUT2D eigenvalue weighted by Crippen LogP contribution is -2.45. The molecule has 1 heterocycles. The summed E-state index contributed by atoms with van der Waals surface area (Å²) in [6, 6.07) is 1.23. The van der Waals surface area contributed by atoms with Crippen molar-refractivity contribution in [1.82, 2.24) is 10.2 Å². The van der Waals surface area contributed by atoms with Gasteiger partial charge in [0.15, 0.2) is 0 Å². The van der Waals surface area contributed by atoms with Crippen molar-refractivity contribution in [2.24, 2.45) is 0 Å². The van der Waals surface area contributed by atoms with Gasteiger partial charge < -0.3 is 10.2 Å². The summed E-state index contributed by atoms with van der Waals surface area (Å²) in [5.41, 5.74) is 0.570. The monoisotopic (exact) mass is 318 g/mol. The Hall–Kier alpha value is -0.880.